The number of rotatable bonds is 9. The predicted octanol–water partition coefficient (Wildman–Crippen LogP) is 2.74. The summed E-state index contributed by atoms with van der Waals surface area (Å²) in [4.78, 5) is 12.3. The highest BCUT2D eigenvalue weighted by atomic mass is 32.2. The Labute approximate surface area is 161 Å². The first-order chi connectivity index (χ1) is 12.8. The number of hydrogen-bond donors (Lipinski definition) is 0. The maximum atomic E-state index is 13.3. The molecule has 0 unspecified atom stereocenters. The normalized spacial score (nSPS) is 16.0. The van der Waals surface area contributed by atoms with Crippen LogP contribution < -0.4 is 4.74 Å². The van der Waals surface area contributed by atoms with E-state index in [1.54, 1.807) is 0 Å². The van der Waals surface area contributed by atoms with E-state index in [-0.39, 0.29) is 16.3 Å². The van der Waals surface area contributed by atoms with Crippen molar-refractivity contribution in [3.8, 4) is 5.75 Å². The third-order valence-corrected chi connectivity index (χ3v) is 6.86. The Balaban J connectivity index is 2.34. The van der Waals surface area contributed by atoms with Crippen molar-refractivity contribution < 1.29 is 18.1 Å². The van der Waals surface area contributed by atoms with Gasteiger partial charge in [-0.1, -0.05) is 19.3 Å². The van der Waals surface area contributed by atoms with Gasteiger partial charge >= 0.3 is 0 Å². The zero-order valence-corrected chi connectivity index (χ0v) is 17.1. The second kappa shape index (κ2) is 9.48. The van der Waals surface area contributed by atoms with Crippen LogP contribution >= 0.6 is 0 Å². The molecule has 0 amide bonds. The lowest BCUT2D eigenvalue weighted by atomic mass is 9.89. The van der Waals surface area contributed by atoms with Crippen molar-refractivity contribution in [3.05, 3.63) is 28.3 Å². The fourth-order valence-electron chi connectivity index (χ4n) is 3.40. The quantitative estimate of drug-likeness (QED) is 0.468. The molecule has 1 saturated carbocycles. The third kappa shape index (κ3) is 5.63. The van der Waals surface area contributed by atoms with Crippen LogP contribution in [0.3, 0.4) is 0 Å². The molecule has 1 aromatic rings. The second-order valence-electron chi connectivity index (χ2n) is 7.26. The Morgan fingerprint density at radius 1 is 1.19 bits per heavy atom. The van der Waals surface area contributed by atoms with Gasteiger partial charge in [-0.2, -0.15) is 4.31 Å². The van der Waals surface area contributed by atoms with Crippen molar-refractivity contribution in [3.63, 3.8) is 0 Å². The Morgan fingerprint density at radius 2 is 1.85 bits per heavy atom. The Morgan fingerprint density at radius 3 is 2.41 bits per heavy atom. The van der Waals surface area contributed by atoms with Crippen LogP contribution in [-0.4, -0.2) is 63.4 Å². The van der Waals surface area contributed by atoms with Gasteiger partial charge < -0.3 is 9.64 Å². The van der Waals surface area contributed by atoms with E-state index in [1.807, 2.05) is 19.0 Å². The number of nitro benzene ring substituents is 1. The fraction of sp³-hybridized carbons (Fsp3) is 0.667. The van der Waals surface area contributed by atoms with E-state index in [1.165, 1.54) is 30.0 Å². The lowest BCUT2D eigenvalue weighted by molar-refractivity contribution is -0.385. The van der Waals surface area contributed by atoms with Crippen LogP contribution in [0.1, 0.15) is 32.1 Å². The van der Waals surface area contributed by atoms with Crippen LogP contribution in [0, 0.1) is 16.0 Å². The highest BCUT2D eigenvalue weighted by Crippen LogP contribution is 2.32. The number of sulfonamides is 1. The molecule has 2 rings (SSSR count). The number of nitrogens with zero attached hydrogens (tertiary/aromatic N) is 3. The number of hydrogen-bond acceptors (Lipinski definition) is 6. The third-order valence-electron chi connectivity index (χ3n) is 4.96. The van der Waals surface area contributed by atoms with Crippen molar-refractivity contribution in [2.24, 2.45) is 5.92 Å². The van der Waals surface area contributed by atoms with Gasteiger partial charge in [-0.05, 0) is 38.9 Å². The molecule has 1 fully saturated rings. The van der Waals surface area contributed by atoms with Crippen LogP contribution in [-0.2, 0) is 10.0 Å². The molecular formula is C18H29N3O5S. The summed E-state index contributed by atoms with van der Waals surface area (Å²) in [6, 6.07) is 3.65. The molecule has 1 aromatic carbocycles. The first-order valence-electron chi connectivity index (χ1n) is 9.23. The molecule has 0 aliphatic heterocycles. The SMILES string of the molecule is COc1cc([N+](=O)[O-])ccc1S(=O)(=O)N(CCN(C)C)CC1CCCCC1. The van der Waals surface area contributed by atoms with E-state index in [4.69, 9.17) is 4.74 Å². The monoisotopic (exact) mass is 399 g/mol. The molecule has 0 atom stereocenters. The molecule has 0 heterocycles. The van der Waals surface area contributed by atoms with E-state index in [9.17, 15) is 18.5 Å². The molecule has 0 saturated heterocycles. The average molecular weight is 400 g/mol. The molecule has 0 radical (unpaired) electrons. The summed E-state index contributed by atoms with van der Waals surface area (Å²) in [5.41, 5.74) is -0.196. The summed E-state index contributed by atoms with van der Waals surface area (Å²) in [6.45, 7) is 1.43. The van der Waals surface area contributed by atoms with E-state index < -0.39 is 14.9 Å². The number of benzene rings is 1. The predicted molar refractivity (Wildman–Crippen MR) is 104 cm³/mol. The first kappa shape index (κ1) is 21.6. The summed E-state index contributed by atoms with van der Waals surface area (Å²) in [5.74, 6) is 0.349. The molecule has 0 spiro atoms. The number of likely N-dealkylation sites (N-methyl/N-ethyl adjacent to an activating group) is 1. The number of non-ortho nitro benzene ring substituents is 1. The zero-order chi connectivity index (χ0) is 20.0. The van der Waals surface area contributed by atoms with Crippen molar-refractivity contribution in [2.75, 3.05) is 40.8 Å². The smallest absolute Gasteiger partial charge is 0.273 e. The maximum Gasteiger partial charge on any atom is 0.273 e. The summed E-state index contributed by atoms with van der Waals surface area (Å²) in [7, 11) is 1.30. The van der Waals surface area contributed by atoms with Crippen molar-refractivity contribution in [1.29, 1.82) is 0 Å². The van der Waals surface area contributed by atoms with Crippen LogP contribution in [0.2, 0.25) is 0 Å². The molecule has 152 valence electrons. The largest absolute Gasteiger partial charge is 0.495 e. The molecule has 8 nitrogen and oxygen atoms in total. The Hall–Kier alpha value is -1.71. The minimum atomic E-state index is -3.82. The van der Waals surface area contributed by atoms with E-state index in [0.717, 1.165) is 31.7 Å². The minimum Gasteiger partial charge on any atom is -0.495 e. The second-order valence-corrected chi connectivity index (χ2v) is 9.17. The maximum absolute atomic E-state index is 13.3. The highest BCUT2D eigenvalue weighted by molar-refractivity contribution is 7.89. The molecule has 9 heteroatoms. The van der Waals surface area contributed by atoms with E-state index in [0.29, 0.717) is 25.6 Å². The number of nitro groups is 1. The van der Waals surface area contributed by atoms with Gasteiger partial charge in [0, 0.05) is 25.7 Å². The average Bonchev–Trinajstić information content (AvgIpc) is 2.64. The molecule has 0 aromatic heterocycles. The lowest BCUT2D eigenvalue weighted by Gasteiger charge is -2.30. The zero-order valence-electron chi connectivity index (χ0n) is 16.3. The molecule has 0 N–H and O–H groups in total. The standard InChI is InChI=1S/C18H29N3O5S/c1-19(2)11-12-20(14-15-7-5-4-6-8-15)27(24,25)18-10-9-16(21(22)23)13-17(18)26-3/h9-10,13,15H,4-8,11-12,14H2,1-3H3. The van der Waals surface area contributed by atoms with Gasteiger partial charge in [-0.25, -0.2) is 8.42 Å². The molecule has 27 heavy (non-hydrogen) atoms. The number of ether oxygens (including phenoxy) is 1. The molecule has 1 aliphatic rings. The van der Waals surface area contributed by atoms with E-state index in [2.05, 4.69) is 0 Å². The Bertz CT molecular complexity index is 745. The van der Waals surface area contributed by atoms with Crippen LogP contribution in [0.4, 0.5) is 5.69 Å². The van der Waals surface area contributed by atoms with Crippen LogP contribution in [0.25, 0.3) is 0 Å². The molecule has 0 bridgehead atoms. The molecular weight excluding hydrogens is 370 g/mol. The topological polar surface area (TPSA) is 93.0 Å². The summed E-state index contributed by atoms with van der Waals surface area (Å²) < 4.78 is 33.3. The number of methoxy groups -OCH3 is 1. The summed E-state index contributed by atoms with van der Waals surface area (Å²) in [5, 5.41) is 11.0. The van der Waals surface area contributed by atoms with Crippen LogP contribution in [0.5, 0.6) is 5.75 Å². The van der Waals surface area contributed by atoms with E-state index >= 15 is 0 Å². The summed E-state index contributed by atoms with van der Waals surface area (Å²) >= 11 is 0. The van der Waals surface area contributed by atoms with Gasteiger partial charge in [0.2, 0.25) is 10.0 Å². The van der Waals surface area contributed by atoms with Gasteiger partial charge in [0.25, 0.3) is 5.69 Å². The Kier molecular flexibility index (Phi) is 7.58. The van der Waals surface area contributed by atoms with Crippen molar-refractivity contribution in [1.82, 2.24) is 9.21 Å². The van der Waals surface area contributed by atoms with Gasteiger partial charge in [0.05, 0.1) is 18.1 Å². The summed E-state index contributed by atoms with van der Waals surface area (Å²) in [6.07, 6.45) is 5.54. The van der Waals surface area contributed by atoms with Gasteiger partial charge in [0.15, 0.2) is 0 Å². The van der Waals surface area contributed by atoms with Crippen molar-refractivity contribution >= 4 is 15.7 Å². The molecule has 1 aliphatic carbocycles. The lowest BCUT2D eigenvalue weighted by Crippen LogP contribution is -2.40. The minimum absolute atomic E-state index is 0.00250. The van der Waals surface area contributed by atoms with Gasteiger partial charge in [-0.3, -0.25) is 10.1 Å². The fourth-order valence-corrected chi connectivity index (χ4v) is 5.04. The van der Waals surface area contributed by atoms with Crippen molar-refractivity contribution in [2.45, 2.75) is 37.0 Å². The van der Waals surface area contributed by atoms with Gasteiger partial charge in [0.1, 0.15) is 10.6 Å². The first-order valence-corrected chi connectivity index (χ1v) is 10.7. The highest BCUT2D eigenvalue weighted by Gasteiger charge is 2.31. The van der Waals surface area contributed by atoms with Crippen LogP contribution in [0.15, 0.2) is 23.1 Å². The van der Waals surface area contributed by atoms with Gasteiger partial charge in [-0.15, -0.1) is 0 Å².